The first-order chi connectivity index (χ1) is 13.5. The Morgan fingerprint density at radius 1 is 1.25 bits per heavy atom. The van der Waals surface area contributed by atoms with Crippen LogP contribution >= 0.6 is 11.3 Å². The van der Waals surface area contributed by atoms with Crippen LogP contribution in [0.15, 0.2) is 11.1 Å². The minimum absolute atomic E-state index is 0.219. The predicted octanol–water partition coefficient (Wildman–Crippen LogP) is -0.326. The van der Waals surface area contributed by atoms with E-state index in [2.05, 4.69) is 32.0 Å². The van der Waals surface area contributed by atoms with Crippen molar-refractivity contribution < 1.29 is 14.3 Å². The van der Waals surface area contributed by atoms with Gasteiger partial charge >= 0.3 is 5.97 Å². The molecule has 0 unspecified atom stereocenters. The fourth-order valence-corrected chi connectivity index (χ4v) is 3.95. The molecule has 1 amide bonds. The van der Waals surface area contributed by atoms with E-state index >= 15 is 0 Å². The molecule has 152 valence electrons. The zero-order chi connectivity index (χ0) is 20.1. The smallest absolute Gasteiger partial charge is 0.325 e. The van der Waals surface area contributed by atoms with Gasteiger partial charge in [-0.1, -0.05) is 18.3 Å². The molecule has 3 rings (SSSR count). The maximum Gasteiger partial charge on any atom is 0.325 e. The number of fused-ring (bicyclic) bond motifs is 1. The van der Waals surface area contributed by atoms with E-state index in [-0.39, 0.29) is 25.3 Å². The van der Waals surface area contributed by atoms with Crippen LogP contribution in [0.1, 0.15) is 13.8 Å². The van der Waals surface area contributed by atoms with Gasteiger partial charge in [-0.05, 0) is 13.5 Å². The minimum atomic E-state index is -0.521. The lowest BCUT2D eigenvalue weighted by Gasteiger charge is -2.33. The van der Waals surface area contributed by atoms with Crippen LogP contribution in [0.4, 0.5) is 5.13 Å². The Balaban J connectivity index is 1.69. The summed E-state index contributed by atoms with van der Waals surface area (Å²) >= 11 is 1.30. The number of nitrogens with one attached hydrogen (secondary N) is 1. The Labute approximate surface area is 166 Å². The van der Waals surface area contributed by atoms with E-state index in [4.69, 9.17) is 4.74 Å². The van der Waals surface area contributed by atoms with Gasteiger partial charge in [0.1, 0.15) is 24.1 Å². The number of thiazole rings is 1. The van der Waals surface area contributed by atoms with Crippen molar-refractivity contribution in [1.82, 2.24) is 24.8 Å². The summed E-state index contributed by atoms with van der Waals surface area (Å²) in [5, 5.41) is 3.21. The number of carbonyl (C=O) groups excluding carboxylic acids is 2. The molecule has 1 aliphatic rings. The molecule has 0 radical (unpaired) electrons. The Hall–Kier alpha value is -2.53. The number of hydrogen-bond acceptors (Lipinski definition) is 9. The van der Waals surface area contributed by atoms with Crippen LogP contribution in [0.5, 0.6) is 0 Å². The molecule has 0 atom stereocenters. The highest BCUT2D eigenvalue weighted by Crippen LogP contribution is 2.26. The van der Waals surface area contributed by atoms with Crippen LogP contribution < -0.4 is 15.8 Å². The lowest BCUT2D eigenvalue weighted by molar-refractivity contribution is -0.143. The Morgan fingerprint density at radius 2 is 2.00 bits per heavy atom. The second-order valence-corrected chi connectivity index (χ2v) is 7.31. The second-order valence-electron chi connectivity index (χ2n) is 6.33. The van der Waals surface area contributed by atoms with E-state index in [0.29, 0.717) is 10.3 Å². The van der Waals surface area contributed by atoms with Gasteiger partial charge in [-0.15, -0.1) is 0 Å². The Bertz CT molecular complexity index is 903. The summed E-state index contributed by atoms with van der Waals surface area (Å²) in [5.41, 5.74) is 0.0818. The molecule has 11 heteroatoms. The Morgan fingerprint density at radius 3 is 2.68 bits per heavy atom. The van der Waals surface area contributed by atoms with E-state index < -0.39 is 11.9 Å². The molecule has 0 aromatic carbocycles. The minimum Gasteiger partial charge on any atom is -0.465 e. The van der Waals surface area contributed by atoms with Crippen molar-refractivity contribution in [2.45, 2.75) is 20.4 Å². The highest BCUT2D eigenvalue weighted by atomic mass is 32.1. The summed E-state index contributed by atoms with van der Waals surface area (Å²) in [6.07, 6.45) is 1.31. The van der Waals surface area contributed by atoms with E-state index in [1.54, 1.807) is 6.92 Å². The van der Waals surface area contributed by atoms with Crippen molar-refractivity contribution in [3.05, 3.63) is 16.7 Å². The number of anilines is 1. The fraction of sp³-hybridized carbons (Fsp3) is 0.588. The third-order valence-corrected chi connectivity index (χ3v) is 5.61. The number of amides is 1. The lowest BCUT2D eigenvalue weighted by Crippen LogP contribution is -2.46. The van der Waals surface area contributed by atoms with Gasteiger partial charge < -0.3 is 19.9 Å². The van der Waals surface area contributed by atoms with Gasteiger partial charge in [0.25, 0.3) is 5.56 Å². The van der Waals surface area contributed by atoms with Crippen LogP contribution in [-0.2, 0) is 20.9 Å². The molecule has 0 spiro atoms. The molecule has 2 aromatic heterocycles. The summed E-state index contributed by atoms with van der Waals surface area (Å²) in [5.74, 6) is -0.983. The first-order valence-electron chi connectivity index (χ1n) is 9.27. The molecular weight excluding hydrogens is 384 g/mol. The molecule has 28 heavy (non-hydrogen) atoms. The standard InChI is InChI=1S/C17H24N6O4S/c1-3-21-5-7-22(8-6-21)17-20-15-14(28-17)16(26)23(11-19-15)10-12(24)18-9-13(25)27-4-2/h11H,3-10H2,1-2H3,(H,18,24). The van der Waals surface area contributed by atoms with Gasteiger partial charge in [-0.25, -0.2) is 4.98 Å². The van der Waals surface area contributed by atoms with Crippen molar-refractivity contribution in [3.8, 4) is 0 Å². The number of hydrogen-bond donors (Lipinski definition) is 1. The normalized spacial score (nSPS) is 15.0. The van der Waals surface area contributed by atoms with Gasteiger partial charge in [-0.3, -0.25) is 19.0 Å². The highest BCUT2D eigenvalue weighted by molar-refractivity contribution is 7.22. The zero-order valence-corrected chi connectivity index (χ0v) is 16.8. The number of carbonyl (C=O) groups is 2. The van der Waals surface area contributed by atoms with Crippen molar-refractivity contribution in [1.29, 1.82) is 0 Å². The molecule has 2 aromatic rings. The number of rotatable bonds is 7. The largest absolute Gasteiger partial charge is 0.465 e. The zero-order valence-electron chi connectivity index (χ0n) is 16.0. The Kier molecular flexibility index (Phi) is 6.57. The van der Waals surface area contributed by atoms with E-state index in [0.717, 1.165) is 37.9 Å². The molecule has 0 aliphatic carbocycles. The van der Waals surface area contributed by atoms with Crippen LogP contribution in [0.25, 0.3) is 10.3 Å². The first-order valence-corrected chi connectivity index (χ1v) is 10.1. The summed E-state index contributed by atoms with van der Waals surface area (Å²) in [7, 11) is 0. The molecule has 0 bridgehead atoms. The van der Waals surface area contributed by atoms with Gasteiger partial charge in [0.15, 0.2) is 10.8 Å². The number of aromatic nitrogens is 3. The summed E-state index contributed by atoms with van der Waals surface area (Å²) in [6, 6.07) is 0. The maximum absolute atomic E-state index is 12.7. The molecular formula is C17H24N6O4S. The van der Waals surface area contributed by atoms with Crippen molar-refractivity contribution in [2.75, 3.05) is 50.8 Å². The monoisotopic (exact) mass is 408 g/mol. The SMILES string of the molecule is CCOC(=O)CNC(=O)Cn1cnc2nc(N3CCN(CC)CC3)sc2c1=O. The van der Waals surface area contributed by atoms with Crippen molar-refractivity contribution >= 4 is 38.7 Å². The maximum atomic E-state index is 12.7. The van der Waals surface area contributed by atoms with Gasteiger partial charge in [0.05, 0.1) is 6.61 Å². The van der Waals surface area contributed by atoms with Crippen molar-refractivity contribution in [2.24, 2.45) is 0 Å². The van der Waals surface area contributed by atoms with Crippen molar-refractivity contribution in [3.63, 3.8) is 0 Å². The van der Waals surface area contributed by atoms with Gasteiger partial charge in [-0.2, -0.15) is 4.98 Å². The average Bonchev–Trinajstić information content (AvgIpc) is 3.14. The molecule has 10 nitrogen and oxygen atoms in total. The molecule has 1 aliphatic heterocycles. The first kappa shape index (κ1) is 20.2. The van der Waals surface area contributed by atoms with Crippen LogP contribution in [0, 0.1) is 0 Å². The summed E-state index contributed by atoms with van der Waals surface area (Å²) in [6.45, 7) is 8.30. The fourth-order valence-electron chi connectivity index (χ4n) is 2.93. The number of esters is 1. The van der Waals surface area contributed by atoms with E-state index in [9.17, 15) is 14.4 Å². The second kappa shape index (κ2) is 9.11. The number of nitrogens with zero attached hydrogens (tertiary/aromatic N) is 5. The average molecular weight is 408 g/mol. The van der Waals surface area contributed by atoms with Crippen LogP contribution in [-0.4, -0.2) is 77.2 Å². The molecule has 1 fully saturated rings. The molecule has 1 N–H and O–H groups in total. The van der Waals surface area contributed by atoms with Crippen LogP contribution in [0.3, 0.4) is 0 Å². The predicted molar refractivity (Wildman–Crippen MR) is 106 cm³/mol. The molecule has 3 heterocycles. The number of piperazine rings is 1. The third kappa shape index (κ3) is 4.65. The topological polar surface area (TPSA) is 110 Å². The van der Waals surface area contributed by atoms with Crippen LogP contribution in [0.2, 0.25) is 0 Å². The number of likely N-dealkylation sites (N-methyl/N-ethyl adjacent to an activating group) is 1. The van der Waals surface area contributed by atoms with E-state index in [1.165, 1.54) is 22.2 Å². The molecule has 0 saturated carbocycles. The quantitative estimate of drug-likeness (QED) is 0.621. The van der Waals surface area contributed by atoms with E-state index in [1.807, 2.05) is 0 Å². The summed E-state index contributed by atoms with van der Waals surface area (Å²) < 4.78 is 6.40. The van der Waals surface area contributed by atoms with Gasteiger partial charge in [0, 0.05) is 26.2 Å². The highest BCUT2D eigenvalue weighted by Gasteiger charge is 2.20. The molecule has 1 saturated heterocycles. The third-order valence-electron chi connectivity index (χ3n) is 4.51. The summed E-state index contributed by atoms with van der Waals surface area (Å²) in [4.78, 5) is 49.2. The lowest BCUT2D eigenvalue weighted by atomic mass is 10.3. The number of ether oxygens (including phenoxy) is 1. The van der Waals surface area contributed by atoms with Gasteiger partial charge in [0.2, 0.25) is 5.91 Å².